The van der Waals surface area contributed by atoms with Crippen molar-refractivity contribution in [1.29, 1.82) is 0 Å². The zero-order valence-electron chi connectivity index (χ0n) is 6.90. The molecule has 0 unspecified atom stereocenters. The third-order valence-corrected chi connectivity index (χ3v) is 3.40. The molecule has 0 saturated heterocycles. The molecule has 0 bridgehead atoms. The van der Waals surface area contributed by atoms with Crippen molar-refractivity contribution in [2.24, 2.45) is 0 Å². The summed E-state index contributed by atoms with van der Waals surface area (Å²) in [7, 11) is 0. The van der Waals surface area contributed by atoms with Crippen molar-refractivity contribution in [1.82, 2.24) is 0 Å². The van der Waals surface area contributed by atoms with E-state index in [0.717, 1.165) is 19.0 Å². The van der Waals surface area contributed by atoms with Crippen molar-refractivity contribution in [2.75, 3.05) is 0 Å². The van der Waals surface area contributed by atoms with Crippen molar-refractivity contribution >= 4 is 53.6 Å². The normalized spacial score (nSPS) is 10.2. The number of hydrogen-bond donors (Lipinski definition) is 0. The van der Waals surface area contributed by atoms with E-state index in [9.17, 15) is 4.79 Å². The number of hydrogen-bond acceptors (Lipinski definition) is 1. The highest BCUT2D eigenvalue weighted by Crippen LogP contribution is 2.30. The van der Waals surface area contributed by atoms with Gasteiger partial charge in [-0.15, -0.1) is 0 Å². The number of carbonyl (C=O) groups excluding carboxylic acids is 1. The van der Waals surface area contributed by atoms with Gasteiger partial charge >= 0.3 is 0 Å². The van der Waals surface area contributed by atoms with E-state index in [2.05, 4.69) is 47.8 Å². The zero-order valence-corrected chi connectivity index (χ0v) is 11.7. The monoisotopic (exact) mass is 368 g/mol. The molecule has 0 aliphatic rings. The summed E-state index contributed by atoms with van der Waals surface area (Å²) in [6, 6.07) is 3.87. The van der Waals surface area contributed by atoms with Crippen molar-refractivity contribution in [3.63, 3.8) is 0 Å². The van der Waals surface area contributed by atoms with Crippen LogP contribution in [0.2, 0.25) is 0 Å². The fourth-order valence-electron chi connectivity index (χ4n) is 0.990. The molecule has 0 atom stereocenters. The van der Waals surface area contributed by atoms with Crippen molar-refractivity contribution < 1.29 is 4.79 Å². The lowest BCUT2D eigenvalue weighted by Gasteiger charge is -2.05. The van der Waals surface area contributed by atoms with Crippen LogP contribution in [0.15, 0.2) is 25.6 Å². The van der Waals surface area contributed by atoms with Gasteiger partial charge in [0.1, 0.15) is 5.78 Å². The van der Waals surface area contributed by atoms with Crippen LogP contribution in [0.1, 0.15) is 12.5 Å². The molecule has 0 radical (unpaired) electrons. The first-order chi connectivity index (χ1) is 6.00. The SMILES string of the molecule is CC(=O)Cc1c(Br)cc(Br)cc1Br. The molecule has 0 aliphatic carbocycles. The van der Waals surface area contributed by atoms with E-state index in [4.69, 9.17) is 0 Å². The highest BCUT2D eigenvalue weighted by Gasteiger charge is 2.08. The predicted molar refractivity (Wildman–Crippen MR) is 63.9 cm³/mol. The molecule has 13 heavy (non-hydrogen) atoms. The number of carbonyl (C=O) groups is 1. The molecule has 70 valence electrons. The molecule has 1 rings (SSSR count). The summed E-state index contributed by atoms with van der Waals surface area (Å²) in [5, 5.41) is 0. The van der Waals surface area contributed by atoms with E-state index in [-0.39, 0.29) is 5.78 Å². The lowest BCUT2D eigenvalue weighted by atomic mass is 10.1. The van der Waals surface area contributed by atoms with Crippen molar-refractivity contribution in [3.8, 4) is 0 Å². The van der Waals surface area contributed by atoms with Gasteiger partial charge in [-0.2, -0.15) is 0 Å². The number of ketones is 1. The number of rotatable bonds is 2. The molecule has 0 heterocycles. The number of benzene rings is 1. The quantitative estimate of drug-likeness (QED) is 0.765. The van der Waals surface area contributed by atoms with E-state index in [1.807, 2.05) is 12.1 Å². The Balaban J connectivity index is 3.13. The van der Waals surface area contributed by atoms with Gasteiger partial charge in [0.15, 0.2) is 0 Å². The van der Waals surface area contributed by atoms with Crippen LogP contribution in [0, 0.1) is 0 Å². The van der Waals surface area contributed by atoms with Gasteiger partial charge in [-0.3, -0.25) is 4.79 Å². The van der Waals surface area contributed by atoms with Gasteiger partial charge in [0.25, 0.3) is 0 Å². The Labute approximate surface area is 102 Å². The highest BCUT2D eigenvalue weighted by atomic mass is 79.9. The molecule has 0 spiro atoms. The maximum absolute atomic E-state index is 10.9. The second kappa shape index (κ2) is 4.71. The standard InChI is InChI=1S/C9H7Br3O/c1-5(13)2-7-8(11)3-6(10)4-9(7)12/h3-4H,2H2,1H3. The smallest absolute Gasteiger partial charge is 0.134 e. The average Bonchev–Trinajstić information content (AvgIpc) is 1.96. The highest BCUT2D eigenvalue weighted by molar-refractivity contribution is 9.11. The molecule has 1 aromatic carbocycles. The minimum atomic E-state index is 0.156. The molecule has 0 amide bonds. The van der Waals surface area contributed by atoms with Crippen LogP contribution in [-0.4, -0.2) is 5.78 Å². The Morgan fingerprint density at radius 2 is 1.69 bits per heavy atom. The molecule has 1 nitrogen and oxygen atoms in total. The molecule has 0 aromatic heterocycles. The molecule has 0 aliphatic heterocycles. The largest absolute Gasteiger partial charge is 0.300 e. The van der Waals surface area contributed by atoms with E-state index in [0.29, 0.717) is 6.42 Å². The Bertz CT molecular complexity index is 324. The van der Waals surface area contributed by atoms with Gasteiger partial charge in [-0.25, -0.2) is 0 Å². The zero-order chi connectivity index (χ0) is 10.0. The Morgan fingerprint density at radius 3 is 2.08 bits per heavy atom. The van der Waals surface area contributed by atoms with E-state index < -0.39 is 0 Å². The first kappa shape index (κ1) is 11.4. The topological polar surface area (TPSA) is 17.1 Å². The van der Waals surface area contributed by atoms with Gasteiger partial charge in [0, 0.05) is 19.8 Å². The third kappa shape index (κ3) is 3.18. The van der Waals surface area contributed by atoms with Crippen LogP contribution in [0.3, 0.4) is 0 Å². The third-order valence-electron chi connectivity index (χ3n) is 1.53. The van der Waals surface area contributed by atoms with Crippen molar-refractivity contribution in [2.45, 2.75) is 13.3 Å². The van der Waals surface area contributed by atoms with Crippen molar-refractivity contribution in [3.05, 3.63) is 31.1 Å². The number of Topliss-reactive ketones (excluding diaryl/α,β-unsaturated/α-hetero) is 1. The average molecular weight is 371 g/mol. The lowest BCUT2D eigenvalue weighted by molar-refractivity contribution is -0.116. The molecule has 4 heteroatoms. The predicted octanol–water partition coefficient (Wildman–Crippen LogP) is 4.11. The van der Waals surface area contributed by atoms with Crippen LogP contribution in [0.25, 0.3) is 0 Å². The summed E-state index contributed by atoms with van der Waals surface area (Å²) < 4.78 is 2.88. The summed E-state index contributed by atoms with van der Waals surface area (Å²) in [5.74, 6) is 0.156. The van der Waals surface area contributed by atoms with Crippen LogP contribution < -0.4 is 0 Å². The van der Waals surface area contributed by atoms with Gasteiger partial charge < -0.3 is 0 Å². The summed E-state index contributed by atoms with van der Waals surface area (Å²) in [6.07, 6.45) is 0.453. The van der Waals surface area contributed by atoms with Gasteiger partial charge in [0.2, 0.25) is 0 Å². The fraction of sp³-hybridized carbons (Fsp3) is 0.222. The first-order valence-corrected chi connectivity index (χ1v) is 6.01. The molecule has 1 aromatic rings. The van der Waals surface area contributed by atoms with E-state index in [1.54, 1.807) is 6.92 Å². The Morgan fingerprint density at radius 1 is 1.23 bits per heavy atom. The fourth-order valence-corrected chi connectivity index (χ4v) is 3.53. The second-order valence-corrected chi connectivity index (χ2v) is 5.35. The molecule has 0 fully saturated rings. The lowest BCUT2D eigenvalue weighted by Crippen LogP contribution is -1.98. The maximum Gasteiger partial charge on any atom is 0.134 e. The van der Waals surface area contributed by atoms with Gasteiger partial charge in [-0.1, -0.05) is 47.8 Å². The molecular formula is C9H7Br3O. The number of halogens is 3. The van der Waals surface area contributed by atoms with Crippen LogP contribution in [0.5, 0.6) is 0 Å². The van der Waals surface area contributed by atoms with Gasteiger partial charge in [0.05, 0.1) is 0 Å². The summed E-state index contributed by atoms with van der Waals surface area (Å²) in [4.78, 5) is 10.9. The maximum atomic E-state index is 10.9. The Kier molecular flexibility index (Phi) is 4.13. The summed E-state index contributed by atoms with van der Waals surface area (Å²) in [6.45, 7) is 1.58. The van der Waals surface area contributed by atoms with E-state index >= 15 is 0 Å². The van der Waals surface area contributed by atoms with Gasteiger partial charge in [-0.05, 0) is 24.6 Å². The minimum absolute atomic E-state index is 0.156. The minimum Gasteiger partial charge on any atom is -0.300 e. The van der Waals surface area contributed by atoms with E-state index in [1.165, 1.54) is 0 Å². The van der Waals surface area contributed by atoms with Crippen LogP contribution in [-0.2, 0) is 11.2 Å². The molecule has 0 N–H and O–H groups in total. The summed E-state index contributed by atoms with van der Waals surface area (Å²) in [5.41, 5.74) is 0.996. The molecular weight excluding hydrogens is 364 g/mol. The Hall–Kier alpha value is 0.330. The molecule has 0 saturated carbocycles. The summed E-state index contributed by atoms with van der Waals surface area (Å²) >= 11 is 10.2. The van der Waals surface area contributed by atoms with Crippen LogP contribution >= 0.6 is 47.8 Å². The second-order valence-electron chi connectivity index (χ2n) is 2.73. The van der Waals surface area contributed by atoms with Crippen LogP contribution in [0.4, 0.5) is 0 Å². The first-order valence-electron chi connectivity index (χ1n) is 3.63.